The third-order valence-electron chi connectivity index (χ3n) is 7.69. The van der Waals surface area contributed by atoms with Crippen LogP contribution in [0.1, 0.15) is 47.8 Å². The number of benzene rings is 1. The first-order chi connectivity index (χ1) is 20.2. The summed E-state index contributed by atoms with van der Waals surface area (Å²) in [5.41, 5.74) is 2.34. The van der Waals surface area contributed by atoms with Gasteiger partial charge in [-0.1, -0.05) is 0 Å². The van der Waals surface area contributed by atoms with Gasteiger partial charge in [-0.3, -0.25) is 4.79 Å². The summed E-state index contributed by atoms with van der Waals surface area (Å²) in [6, 6.07) is 5.12. The van der Waals surface area contributed by atoms with Gasteiger partial charge in [-0.15, -0.1) is 0 Å². The molecular formula is C28H28F2N10O2. The van der Waals surface area contributed by atoms with Gasteiger partial charge in [0.2, 0.25) is 11.9 Å². The summed E-state index contributed by atoms with van der Waals surface area (Å²) in [5, 5.41) is 22.1. The topological polar surface area (TPSA) is 136 Å². The standard InChI is InChI=1S/C28H28F2N10O2/c1-16-24(34-26(41)19-3-4-19)17(2)39(36-16)25-22(30)15-32-27(35-25)37-7-9-38(10-8-37)28(42)40-23(5-6-33-40)20-11-18(14-31)12-21(29)13-20/h6,11-13,15,19,23H,3-5,7-10H2,1-2H3,(H,34,41)/t23-/m0/s1. The number of amides is 3. The quantitative estimate of drug-likeness (QED) is 0.493. The van der Waals surface area contributed by atoms with E-state index in [1.54, 1.807) is 31.0 Å². The largest absolute Gasteiger partial charge is 0.341 e. The molecule has 4 heterocycles. The number of rotatable bonds is 5. The van der Waals surface area contributed by atoms with Crippen molar-refractivity contribution in [3.63, 3.8) is 0 Å². The minimum Gasteiger partial charge on any atom is -0.337 e. The molecule has 0 unspecified atom stereocenters. The van der Waals surface area contributed by atoms with Crippen molar-refractivity contribution < 1.29 is 18.4 Å². The summed E-state index contributed by atoms with van der Waals surface area (Å²) in [6.07, 6.45) is 4.83. The highest BCUT2D eigenvalue weighted by molar-refractivity contribution is 5.95. The third kappa shape index (κ3) is 5.13. The fraction of sp³-hybridized carbons (Fsp3) is 0.393. The number of nitriles is 1. The fourth-order valence-electron chi connectivity index (χ4n) is 5.24. The maximum Gasteiger partial charge on any atom is 0.341 e. The highest BCUT2D eigenvalue weighted by Crippen LogP contribution is 2.33. The number of halogens is 2. The van der Waals surface area contributed by atoms with Crippen LogP contribution in [0.2, 0.25) is 0 Å². The lowest BCUT2D eigenvalue weighted by Gasteiger charge is -2.37. The van der Waals surface area contributed by atoms with E-state index in [0.29, 0.717) is 55.2 Å². The van der Waals surface area contributed by atoms with Crippen molar-refractivity contribution in [3.05, 3.63) is 58.5 Å². The maximum atomic E-state index is 14.9. The van der Waals surface area contributed by atoms with Crippen molar-refractivity contribution in [1.29, 1.82) is 5.26 Å². The molecule has 42 heavy (non-hydrogen) atoms. The lowest BCUT2D eigenvalue weighted by atomic mass is 10.0. The van der Waals surface area contributed by atoms with Crippen molar-refractivity contribution in [2.75, 3.05) is 36.4 Å². The van der Waals surface area contributed by atoms with Gasteiger partial charge in [-0.2, -0.15) is 20.4 Å². The Kier molecular flexibility index (Phi) is 7.01. The number of piperazine rings is 1. The van der Waals surface area contributed by atoms with Gasteiger partial charge >= 0.3 is 6.03 Å². The average Bonchev–Trinajstić information content (AvgIpc) is 3.67. The van der Waals surface area contributed by atoms with Crippen LogP contribution in [0, 0.1) is 42.7 Å². The van der Waals surface area contributed by atoms with E-state index in [4.69, 9.17) is 0 Å². The summed E-state index contributed by atoms with van der Waals surface area (Å²) in [6.45, 7) is 4.92. The van der Waals surface area contributed by atoms with Gasteiger partial charge in [-0.25, -0.2) is 28.3 Å². The first kappa shape index (κ1) is 27.3. The van der Waals surface area contributed by atoms with E-state index in [9.17, 15) is 23.6 Å². The number of aromatic nitrogens is 4. The van der Waals surface area contributed by atoms with Gasteiger partial charge in [0, 0.05) is 44.7 Å². The second-order valence-electron chi connectivity index (χ2n) is 10.6. The van der Waals surface area contributed by atoms with Crippen LogP contribution in [0.15, 0.2) is 29.5 Å². The van der Waals surface area contributed by atoms with Crippen LogP contribution in [-0.2, 0) is 4.79 Å². The zero-order chi connectivity index (χ0) is 29.5. The maximum absolute atomic E-state index is 14.9. The molecule has 2 aliphatic heterocycles. The molecule has 3 aromatic rings. The van der Waals surface area contributed by atoms with Crippen LogP contribution in [0.4, 0.5) is 25.2 Å². The zero-order valence-electron chi connectivity index (χ0n) is 23.1. The second-order valence-corrected chi connectivity index (χ2v) is 10.6. The molecule has 1 aliphatic carbocycles. The van der Waals surface area contributed by atoms with E-state index in [2.05, 4.69) is 25.5 Å². The number of nitrogens with zero attached hydrogens (tertiary/aromatic N) is 9. The summed E-state index contributed by atoms with van der Waals surface area (Å²) in [4.78, 5) is 37.8. The van der Waals surface area contributed by atoms with Crippen molar-refractivity contribution in [3.8, 4) is 11.9 Å². The van der Waals surface area contributed by atoms with Crippen molar-refractivity contribution in [2.45, 2.75) is 39.2 Å². The smallest absolute Gasteiger partial charge is 0.337 e. The van der Waals surface area contributed by atoms with E-state index >= 15 is 0 Å². The molecule has 3 amide bonds. The highest BCUT2D eigenvalue weighted by Gasteiger charge is 2.34. The van der Waals surface area contributed by atoms with E-state index in [1.165, 1.54) is 15.8 Å². The number of hydrogen-bond donors (Lipinski definition) is 1. The van der Waals surface area contributed by atoms with Crippen LogP contribution in [0.3, 0.4) is 0 Å². The molecule has 0 spiro atoms. The molecule has 216 valence electrons. The molecular weight excluding hydrogens is 546 g/mol. The van der Waals surface area contributed by atoms with Gasteiger partial charge in [0.25, 0.3) is 0 Å². The Morgan fingerprint density at radius 1 is 1.10 bits per heavy atom. The molecule has 0 bridgehead atoms. The van der Waals surface area contributed by atoms with Gasteiger partial charge in [0.1, 0.15) is 5.82 Å². The fourth-order valence-corrected chi connectivity index (χ4v) is 5.24. The minimum absolute atomic E-state index is 0.0148. The molecule has 0 radical (unpaired) electrons. The Labute approximate surface area is 240 Å². The minimum atomic E-state index is -0.659. The predicted molar refractivity (Wildman–Crippen MR) is 148 cm³/mol. The molecule has 12 nitrogen and oxygen atoms in total. The first-order valence-corrected chi connectivity index (χ1v) is 13.7. The van der Waals surface area contributed by atoms with Crippen LogP contribution in [0.25, 0.3) is 5.82 Å². The second kappa shape index (κ2) is 10.8. The summed E-state index contributed by atoms with van der Waals surface area (Å²) in [7, 11) is 0. The Balaban J connectivity index is 1.15. The Morgan fingerprint density at radius 3 is 2.57 bits per heavy atom. The Bertz CT molecular complexity index is 1640. The average molecular weight is 575 g/mol. The van der Waals surface area contributed by atoms with Crippen LogP contribution in [-0.4, -0.2) is 74.0 Å². The van der Waals surface area contributed by atoms with Crippen molar-refractivity contribution in [1.82, 2.24) is 29.7 Å². The highest BCUT2D eigenvalue weighted by atomic mass is 19.1. The molecule has 14 heteroatoms. The van der Waals surface area contributed by atoms with E-state index in [-0.39, 0.29) is 35.2 Å². The molecule has 6 rings (SSSR count). The van der Waals surface area contributed by atoms with Gasteiger partial charge in [0.15, 0.2) is 11.6 Å². The normalized spacial score (nSPS) is 18.4. The number of hydrogen-bond acceptors (Lipinski definition) is 8. The lowest BCUT2D eigenvalue weighted by molar-refractivity contribution is -0.117. The Morgan fingerprint density at radius 2 is 1.86 bits per heavy atom. The van der Waals surface area contributed by atoms with Gasteiger partial charge in [0.05, 0.1) is 40.9 Å². The van der Waals surface area contributed by atoms with Crippen LogP contribution in [0.5, 0.6) is 0 Å². The Hall–Kier alpha value is -4.93. The molecule has 2 aromatic heterocycles. The van der Waals surface area contributed by atoms with Crippen molar-refractivity contribution >= 4 is 29.8 Å². The van der Waals surface area contributed by atoms with E-state index < -0.39 is 17.7 Å². The lowest BCUT2D eigenvalue weighted by Crippen LogP contribution is -2.52. The third-order valence-corrected chi connectivity index (χ3v) is 7.69. The zero-order valence-corrected chi connectivity index (χ0v) is 23.1. The van der Waals surface area contributed by atoms with Crippen LogP contribution < -0.4 is 10.2 Å². The van der Waals surface area contributed by atoms with E-state index in [1.807, 2.05) is 11.0 Å². The summed E-state index contributed by atoms with van der Waals surface area (Å²) in [5.74, 6) is -1.00. The number of nitrogens with one attached hydrogen (secondary N) is 1. The number of hydrazone groups is 1. The molecule has 3 aliphatic rings. The number of urea groups is 1. The number of anilines is 2. The number of aryl methyl sites for hydroxylation is 1. The first-order valence-electron chi connectivity index (χ1n) is 13.7. The molecule has 1 saturated carbocycles. The van der Waals surface area contributed by atoms with Crippen molar-refractivity contribution in [2.24, 2.45) is 11.0 Å². The molecule has 1 atom stereocenters. The van der Waals surface area contributed by atoms with Crippen LogP contribution >= 0.6 is 0 Å². The molecule has 1 N–H and O–H groups in total. The van der Waals surface area contributed by atoms with Gasteiger partial charge in [-0.05, 0) is 50.5 Å². The van der Waals surface area contributed by atoms with E-state index in [0.717, 1.165) is 25.1 Å². The number of carbonyl (C=O) groups is 2. The molecule has 1 aromatic carbocycles. The molecule has 2 fully saturated rings. The summed E-state index contributed by atoms with van der Waals surface area (Å²) < 4.78 is 30.4. The summed E-state index contributed by atoms with van der Waals surface area (Å²) >= 11 is 0. The monoisotopic (exact) mass is 574 g/mol. The SMILES string of the molecule is Cc1nn(-c2nc(N3CCN(C(=O)N4N=CC[C@H]4c4cc(F)cc(C#N)c4)CC3)ncc2F)c(C)c1NC(=O)C1CC1. The molecule has 1 saturated heterocycles. The number of carbonyl (C=O) groups excluding carboxylic acids is 2. The predicted octanol–water partition coefficient (Wildman–Crippen LogP) is 3.45. The van der Waals surface area contributed by atoms with Gasteiger partial charge < -0.3 is 15.1 Å².